The van der Waals surface area contributed by atoms with Crippen molar-refractivity contribution in [3.8, 4) is 0 Å². The van der Waals surface area contributed by atoms with Crippen molar-refractivity contribution in [1.29, 1.82) is 0 Å². The average Bonchev–Trinajstić information content (AvgIpc) is 2.96. The number of halogens is 2. The molecule has 0 N–H and O–H groups in total. The van der Waals surface area contributed by atoms with Gasteiger partial charge in [0.25, 0.3) is 0 Å². The summed E-state index contributed by atoms with van der Waals surface area (Å²) in [6.45, 7) is 2.72. The molecule has 0 saturated heterocycles. The first-order chi connectivity index (χ1) is 12.0. The van der Waals surface area contributed by atoms with Gasteiger partial charge < -0.3 is 4.90 Å². The van der Waals surface area contributed by atoms with Gasteiger partial charge >= 0.3 is 0 Å². The maximum Gasteiger partial charge on any atom is 0.244 e. The quantitative estimate of drug-likeness (QED) is 0.642. The third-order valence-electron chi connectivity index (χ3n) is 3.91. The van der Waals surface area contributed by atoms with Crippen LogP contribution in [0.25, 0.3) is 10.2 Å². The lowest BCUT2D eigenvalue weighted by Gasteiger charge is -2.24. The number of thiazole rings is 1. The van der Waals surface area contributed by atoms with Gasteiger partial charge in [-0.1, -0.05) is 29.0 Å². The van der Waals surface area contributed by atoms with Gasteiger partial charge in [-0.15, -0.1) is 12.4 Å². The van der Waals surface area contributed by atoms with Crippen LogP contribution in [-0.4, -0.2) is 75.5 Å². The number of aryl methyl sites for hydroxylation is 1. The number of fused-ring (bicyclic) bond motifs is 1. The molecule has 0 unspecified atom stereocenters. The fourth-order valence-corrected chi connectivity index (χ4v) is 3.93. The van der Waals surface area contributed by atoms with Crippen LogP contribution in [0.2, 0.25) is 5.02 Å². The number of aromatic nitrogens is 1. The molecule has 0 saturated carbocycles. The monoisotopic (exact) mass is 454 g/mol. The van der Waals surface area contributed by atoms with E-state index >= 15 is 0 Å². The van der Waals surface area contributed by atoms with Crippen molar-refractivity contribution < 1.29 is 13.2 Å². The van der Waals surface area contributed by atoms with Crippen molar-refractivity contribution in [3.63, 3.8) is 0 Å². The van der Waals surface area contributed by atoms with Gasteiger partial charge in [-0.25, -0.2) is 13.4 Å². The van der Waals surface area contributed by atoms with E-state index in [0.29, 0.717) is 23.2 Å². The fraction of sp³-hybridized carbons (Fsp3) is 0.500. The first-order valence-electron chi connectivity index (χ1n) is 7.92. The second kappa shape index (κ2) is 9.49. The van der Waals surface area contributed by atoms with E-state index in [-0.39, 0.29) is 24.9 Å². The van der Waals surface area contributed by atoms with Crippen LogP contribution in [0.3, 0.4) is 0 Å². The maximum atomic E-state index is 12.8. The molecule has 0 aliphatic rings. The van der Waals surface area contributed by atoms with E-state index in [1.165, 1.54) is 23.3 Å². The summed E-state index contributed by atoms with van der Waals surface area (Å²) < 4.78 is 25.1. The van der Waals surface area contributed by atoms with Crippen LogP contribution in [-0.2, 0) is 14.8 Å². The van der Waals surface area contributed by atoms with E-state index in [1.54, 1.807) is 0 Å². The summed E-state index contributed by atoms with van der Waals surface area (Å²) in [5, 5.41) is 1.10. The van der Waals surface area contributed by atoms with Crippen LogP contribution in [0.5, 0.6) is 0 Å². The third kappa shape index (κ3) is 6.00. The lowest BCUT2D eigenvalue weighted by Crippen LogP contribution is -2.43. The molecule has 0 bridgehead atoms. The predicted octanol–water partition coefficient (Wildman–Crippen LogP) is 2.47. The normalized spacial score (nSPS) is 11.9. The first-order valence-corrected chi connectivity index (χ1v) is 11.0. The SMILES string of the molecule is Cc1ccc(Cl)c2sc(N(CCN(C)C)C(=O)CN(C)S(C)(=O)=O)nc12.Cl. The van der Waals surface area contributed by atoms with Crippen LogP contribution in [0.1, 0.15) is 5.56 Å². The molecular formula is C16H24Cl2N4O3S2. The molecule has 0 atom stereocenters. The minimum absolute atomic E-state index is 0. The maximum absolute atomic E-state index is 12.8. The smallest absolute Gasteiger partial charge is 0.244 e. The van der Waals surface area contributed by atoms with Crippen LogP contribution < -0.4 is 4.90 Å². The molecule has 0 aliphatic carbocycles. The Morgan fingerprint density at radius 3 is 2.37 bits per heavy atom. The Morgan fingerprint density at radius 2 is 1.85 bits per heavy atom. The largest absolute Gasteiger partial charge is 0.308 e. The van der Waals surface area contributed by atoms with E-state index in [9.17, 15) is 13.2 Å². The van der Waals surface area contributed by atoms with E-state index in [1.807, 2.05) is 38.1 Å². The molecule has 0 fully saturated rings. The number of carbonyl (C=O) groups excluding carboxylic acids is 1. The summed E-state index contributed by atoms with van der Waals surface area (Å²) in [4.78, 5) is 20.9. The molecule has 0 aliphatic heterocycles. The summed E-state index contributed by atoms with van der Waals surface area (Å²) in [6, 6.07) is 3.70. The molecule has 1 heterocycles. The minimum atomic E-state index is -3.45. The van der Waals surface area contributed by atoms with E-state index in [0.717, 1.165) is 26.3 Å². The number of likely N-dealkylation sites (N-methyl/N-ethyl adjacent to an activating group) is 2. The van der Waals surface area contributed by atoms with Gasteiger partial charge in [0.2, 0.25) is 15.9 Å². The molecule has 2 aromatic rings. The summed E-state index contributed by atoms with van der Waals surface area (Å²) >= 11 is 7.61. The van der Waals surface area contributed by atoms with Gasteiger partial charge in [-0.3, -0.25) is 9.69 Å². The second-order valence-corrected chi connectivity index (χ2v) is 9.88. The fourth-order valence-electron chi connectivity index (χ4n) is 2.23. The minimum Gasteiger partial charge on any atom is -0.308 e. The number of carbonyl (C=O) groups is 1. The molecule has 27 heavy (non-hydrogen) atoms. The topological polar surface area (TPSA) is 73.8 Å². The van der Waals surface area contributed by atoms with Crippen molar-refractivity contribution >= 4 is 66.6 Å². The summed E-state index contributed by atoms with van der Waals surface area (Å²) in [6.07, 6.45) is 1.07. The zero-order valence-corrected chi connectivity index (χ0v) is 19.1. The molecule has 1 aromatic heterocycles. The van der Waals surface area contributed by atoms with Crippen molar-refractivity contribution in [2.75, 3.05) is 51.9 Å². The van der Waals surface area contributed by atoms with Crippen molar-refractivity contribution in [1.82, 2.24) is 14.2 Å². The molecule has 7 nitrogen and oxygen atoms in total. The number of amides is 1. The average molecular weight is 455 g/mol. The summed E-state index contributed by atoms with van der Waals surface area (Å²) in [5.41, 5.74) is 1.73. The Hall–Kier alpha value is -0.970. The van der Waals surface area contributed by atoms with Gasteiger partial charge in [-0.05, 0) is 32.6 Å². The molecule has 0 spiro atoms. The third-order valence-corrected chi connectivity index (χ3v) is 6.71. The molecule has 1 aromatic carbocycles. The Bertz CT molecular complexity index is 877. The van der Waals surface area contributed by atoms with Gasteiger partial charge in [0.1, 0.15) is 0 Å². The van der Waals surface area contributed by atoms with E-state index < -0.39 is 10.0 Å². The van der Waals surface area contributed by atoms with Crippen LogP contribution >= 0.6 is 35.3 Å². The van der Waals surface area contributed by atoms with Crippen molar-refractivity contribution in [2.45, 2.75) is 6.92 Å². The van der Waals surface area contributed by atoms with Gasteiger partial charge in [0, 0.05) is 20.1 Å². The predicted molar refractivity (Wildman–Crippen MR) is 115 cm³/mol. The number of sulfonamides is 1. The number of nitrogens with zero attached hydrogens (tertiary/aromatic N) is 4. The highest BCUT2D eigenvalue weighted by molar-refractivity contribution is 7.88. The van der Waals surface area contributed by atoms with Crippen molar-refractivity contribution in [3.05, 3.63) is 22.7 Å². The van der Waals surface area contributed by atoms with Crippen LogP contribution in [0.15, 0.2) is 12.1 Å². The van der Waals surface area contributed by atoms with Gasteiger partial charge in [-0.2, -0.15) is 4.31 Å². The number of hydrogen-bond donors (Lipinski definition) is 0. The standard InChI is InChI=1S/C16H23ClN4O3S2.ClH/c1-11-6-7-12(17)15-14(11)18-16(25-15)21(9-8-19(2)3)13(22)10-20(4)26(5,23)24;/h6-7H,8-10H2,1-5H3;1H. The number of hydrogen-bond acceptors (Lipinski definition) is 6. The van der Waals surface area contributed by atoms with Crippen LogP contribution in [0.4, 0.5) is 5.13 Å². The molecule has 152 valence electrons. The Labute approximate surface area is 175 Å². The molecule has 0 radical (unpaired) electrons. The summed E-state index contributed by atoms with van der Waals surface area (Å²) in [7, 11) is 1.75. The van der Waals surface area contributed by atoms with E-state index in [2.05, 4.69) is 4.98 Å². The Morgan fingerprint density at radius 1 is 1.22 bits per heavy atom. The lowest BCUT2D eigenvalue weighted by atomic mass is 10.2. The Balaban J connectivity index is 0.00000364. The van der Waals surface area contributed by atoms with Gasteiger partial charge in [0.15, 0.2) is 5.13 Å². The van der Waals surface area contributed by atoms with Crippen LogP contribution in [0, 0.1) is 6.92 Å². The molecule has 2 rings (SSSR count). The highest BCUT2D eigenvalue weighted by atomic mass is 35.5. The number of benzene rings is 1. The lowest BCUT2D eigenvalue weighted by molar-refractivity contribution is -0.118. The van der Waals surface area contributed by atoms with Crippen molar-refractivity contribution in [2.24, 2.45) is 0 Å². The first kappa shape index (κ1) is 24.1. The second-order valence-electron chi connectivity index (χ2n) is 6.41. The molecule has 1 amide bonds. The molecule has 11 heteroatoms. The zero-order chi connectivity index (χ0) is 19.6. The summed E-state index contributed by atoms with van der Waals surface area (Å²) in [5.74, 6) is -0.326. The number of rotatable bonds is 7. The zero-order valence-electron chi connectivity index (χ0n) is 15.9. The molecular weight excluding hydrogens is 431 g/mol. The Kier molecular flexibility index (Phi) is 8.46. The van der Waals surface area contributed by atoms with Gasteiger partial charge in [0.05, 0.1) is 28.0 Å². The highest BCUT2D eigenvalue weighted by Crippen LogP contribution is 2.35. The number of anilines is 1. The van der Waals surface area contributed by atoms with E-state index in [4.69, 9.17) is 11.6 Å². The highest BCUT2D eigenvalue weighted by Gasteiger charge is 2.24.